The Morgan fingerprint density at radius 1 is 1.15 bits per heavy atom. The predicted octanol–water partition coefficient (Wildman–Crippen LogP) is 2.68. The van der Waals surface area contributed by atoms with Crippen LogP contribution in [0.4, 0.5) is 0 Å². The van der Waals surface area contributed by atoms with Crippen LogP contribution < -0.4 is 0 Å². The van der Waals surface area contributed by atoms with Gasteiger partial charge < -0.3 is 19.1 Å². The maximum Gasteiger partial charge on any atom is 0.152 e. The van der Waals surface area contributed by atoms with Gasteiger partial charge in [0.05, 0.1) is 24.1 Å². The average Bonchev–Trinajstić information content (AvgIpc) is 3.40. The third-order valence-corrected chi connectivity index (χ3v) is 6.16. The van der Waals surface area contributed by atoms with Crippen molar-refractivity contribution in [3.8, 4) is 21.3 Å². The lowest BCUT2D eigenvalue weighted by molar-refractivity contribution is 0.0172. The quantitative estimate of drug-likeness (QED) is 0.769. The van der Waals surface area contributed by atoms with E-state index in [2.05, 4.69) is 33.6 Å². The summed E-state index contributed by atoms with van der Waals surface area (Å²) in [5.74, 6) is 0.863. The molecule has 0 amide bonds. The number of ether oxygens (including phenoxy) is 2. The van der Waals surface area contributed by atoms with Crippen molar-refractivity contribution in [2.45, 2.75) is 31.3 Å². The molecule has 2 saturated heterocycles. The van der Waals surface area contributed by atoms with Crippen LogP contribution in [0.3, 0.4) is 0 Å². The van der Waals surface area contributed by atoms with Gasteiger partial charge in [0.15, 0.2) is 5.82 Å². The fourth-order valence-electron chi connectivity index (χ4n) is 3.78. The molecule has 26 heavy (non-hydrogen) atoms. The zero-order chi connectivity index (χ0) is 17.7. The number of imidazole rings is 1. The van der Waals surface area contributed by atoms with Gasteiger partial charge in [-0.05, 0) is 12.5 Å². The van der Waals surface area contributed by atoms with Crippen molar-refractivity contribution < 1.29 is 14.6 Å². The Bertz CT molecular complexity index is 938. The number of thiazole rings is 1. The monoisotopic (exact) mass is 369 g/mol. The molecule has 1 aromatic carbocycles. The molecule has 5 rings (SSSR count). The van der Waals surface area contributed by atoms with Crippen LogP contribution in [0.1, 0.15) is 11.6 Å². The van der Waals surface area contributed by atoms with E-state index in [1.807, 2.05) is 24.5 Å². The van der Waals surface area contributed by atoms with Gasteiger partial charge in [-0.2, -0.15) is 0 Å². The summed E-state index contributed by atoms with van der Waals surface area (Å²) < 4.78 is 13.6. The standard InChI is InChI=1S/C19H19N3O3S/c1-11-4-2-3-5-12(11)19-21-8-15(26-19)18-20-6-7-22(18)13-9-24-17-14(23)10-25-16(13)17/h2-8,13-14,16-17,23H,9-10H2,1H3/t13-,14-,16-,17-/m1/s1. The first-order valence-corrected chi connectivity index (χ1v) is 9.50. The molecule has 4 heterocycles. The summed E-state index contributed by atoms with van der Waals surface area (Å²) in [5.41, 5.74) is 2.35. The number of rotatable bonds is 3. The van der Waals surface area contributed by atoms with Crippen LogP contribution in [0.25, 0.3) is 21.3 Å². The number of aromatic nitrogens is 3. The zero-order valence-electron chi connectivity index (χ0n) is 14.3. The number of aliphatic hydroxyl groups is 1. The molecule has 2 aliphatic heterocycles. The lowest BCUT2D eigenvalue weighted by Crippen LogP contribution is -2.30. The van der Waals surface area contributed by atoms with Gasteiger partial charge in [-0.3, -0.25) is 0 Å². The minimum atomic E-state index is -0.548. The normalized spacial score (nSPS) is 27.8. The molecule has 2 aliphatic rings. The van der Waals surface area contributed by atoms with Gasteiger partial charge in [0.2, 0.25) is 0 Å². The maximum absolute atomic E-state index is 9.97. The van der Waals surface area contributed by atoms with Crippen LogP contribution >= 0.6 is 11.3 Å². The fourth-order valence-corrected chi connectivity index (χ4v) is 4.79. The van der Waals surface area contributed by atoms with Gasteiger partial charge in [0.1, 0.15) is 23.3 Å². The third kappa shape index (κ3) is 2.51. The highest BCUT2D eigenvalue weighted by molar-refractivity contribution is 7.18. The highest BCUT2D eigenvalue weighted by Crippen LogP contribution is 2.38. The summed E-state index contributed by atoms with van der Waals surface area (Å²) in [6.45, 7) is 2.93. The number of nitrogens with zero attached hydrogens (tertiary/aromatic N) is 3. The Balaban J connectivity index is 1.48. The summed E-state index contributed by atoms with van der Waals surface area (Å²) in [7, 11) is 0. The number of hydrogen-bond donors (Lipinski definition) is 1. The van der Waals surface area contributed by atoms with Crippen molar-refractivity contribution in [2.24, 2.45) is 0 Å². The summed E-state index contributed by atoms with van der Waals surface area (Å²) in [6.07, 6.45) is 4.69. The molecule has 2 aromatic heterocycles. The van der Waals surface area contributed by atoms with E-state index in [4.69, 9.17) is 9.47 Å². The summed E-state index contributed by atoms with van der Waals surface area (Å²) in [5, 5.41) is 11.0. The molecular weight excluding hydrogens is 350 g/mol. The van der Waals surface area contributed by atoms with E-state index in [0.29, 0.717) is 13.2 Å². The first-order chi connectivity index (χ1) is 12.7. The molecule has 1 N–H and O–H groups in total. The predicted molar refractivity (Wildman–Crippen MR) is 98.0 cm³/mol. The second-order valence-electron chi connectivity index (χ2n) is 6.73. The number of aryl methyl sites for hydroxylation is 1. The van der Waals surface area contributed by atoms with Gasteiger partial charge >= 0.3 is 0 Å². The highest BCUT2D eigenvalue weighted by atomic mass is 32.1. The van der Waals surface area contributed by atoms with Crippen LogP contribution in [0.15, 0.2) is 42.9 Å². The number of aliphatic hydroxyl groups excluding tert-OH is 1. The molecule has 0 bridgehead atoms. The van der Waals surface area contributed by atoms with Gasteiger partial charge in [0.25, 0.3) is 0 Å². The van der Waals surface area contributed by atoms with E-state index in [-0.39, 0.29) is 18.2 Å². The smallest absolute Gasteiger partial charge is 0.152 e. The molecule has 3 aromatic rings. The third-order valence-electron chi connectivity index (χ3n) is 5.13. The van der Waals surface area contributed by atoms with Gasteiger partial charge in [-0.25, -0.2) is 9.97 Å². The lowest BCUT2D eigenvalue weighted by atomic mass is 10.1. The first-order valence-electron chi connectivity index (χ1n) is 8.68. The van der Waals surface area contributed by atoms with E-state index in [0.717, 1.165) is 21.3 Å². The Morgan fingerprint density at radius 2 is 2.00 bits per heavy atom. The highest BCUT2D eigenvalue weighted by Gasteiger charge is 2.48. The van der Waals surface area contributed by atoms with Crippen molar-refractivity contribution in [1.82, 2.24) is 14.5 Å². The Hall–Kier alpha value is -2.06. The van der Waals surface area contributed by atoms with Crippen LogP contribution in [0.5, 0.6) is 0 Å². The van der Waals surface area contributed by atoms with Crippen molar-refractivity contribution in [1.29, 1.82) is 0 Å². The van der Waals surface area contributed by atoms with Crippen molar-refractivity contribution >= 4 is 11.3 Å². The average molecular weight is 369 g/mol. The summed E-state index contributed by atoms with van der Waals surface area (Å²) >= 11 is 1.63. The molecule has 6 nitrogen and oxygen atoms in total. The fraction of sp³-hybridized carbons (Fsp3) is 0.368. The topological polar surface area (TPSA) is 69.4 Å². The molecule has 0 unspecified atom stereocenters. The Morgan fingerprint density at radius 3 is 2.88 bits per heavy atom. The molecule has 0 saturated carbocycles. The largest absolute Gasteiger partial charge is 0.388 e. The van der Waals surface area contributed by atoms with Crippen LogP contribution in [-0.2, 0) is 9.47 Å². The first kappa shape index (κ1) is 16.1. The lowest BCUT2D eigenvalue weighted by Gasteiger charge is -2.19. The van der Waals surface area contributed by atoms with E-state index >= 15 is 0 Å². The molecular formula is C19H19N3O3S. The molecule has 4 atom stereocenters. The van der Waals surface area contributed by atoms with Gasteiger partial charge in [-0.1, -0.05) is 24.3 Å². The van der Waals surface area contributed by atoms with Crippen molar-refractivity contribution in [2.75, 3.05) is 13.2 Å². The zero-order valence-corrected chi connectivity index (χ0v) is 15.1. The van der Waals surface area contributed by atoms with E-state index < -0.39 is 6.10 Å². The molecule has 0 spiro atoms. The number of fused-ring (bicyclic) bond motifs is 1. The van der Waals surface area contributed by atoms with Crippen molar-refractivity contribution in [3.05, 3.63) is 48.4 Å². The van der Waals surface area contributed by atoms with Crippen LogP contribution in [-0.4, -0.2) is 51.2 Å². The number of benzene rings is 1. The molecule has 0 radical (unpaired) electrons. The van der Waals surface area contributed by atoms with E-state index in [1.54, 1.807) is 17.5 Å². The van der Waals surface area contributed by atoms with Crippen LogP contribution in [0, 0.1) is 6.92 Å². The Kier molecular flexibility index (Phi) is 3.90. The van der Waals surface area contributed by atoms with E-state index in [9.17, 15) is 5.11 Å². The minimum Gasteiger partial charge on any atom is -0.388 e. The van der Waals surface area contributed by atoms with Gasteiger partial charge in [-0.15, -0.1) is 11.3 Å². The number of hydrogen-bond acceptors (Lipinski definition) is 6. The summed E-state index contributed by atoms with van der Waals surface area (Å²) in [4.78, 5) is 10.2. The van der Waals surface area contributed by atoms with Gasteiger partial charge in [0, 0.05) is 24.2 Å². The second kappa shape index (κ2) is 6.28. The second-order valence-corrected chi connectivity index (χ2v) is 7.76. The van der Waals surface area contributed by atoms with E-state index in [1.165, 1.54) is 5.56 Å². The maximum atomic E-state index is 9.97. The Labute approximate surface area is 155 Å². The summed E-state index contributed by atoms with van der Waals surface area (Å²) in [6, 6.07) is 8.26. The minimum absolute atomic E-state index is 0.0126. The molecule has 2 fully saturated rings. The van der Waals surface area contributed by atoms with Crippen molar-refractivity contribution in [3.63, 3.8) is 0 Å². The SMILES string of the molecule is Cc1ccccc1-c1ncc(-c2nccn2[C@@H]2CO[C@H]3[C@@H]2OC[C@H]3O)s1. The molecule has 134 valence electrons. The molecule has 7 heteroatoms. The van der Waals surface area contributed by atoms with Crippen LogP contribution in [0.2, 0.25) is 0 Å². The molecule has 0 aliphatic carbocycles.